The number of hydrogen-bond acceptors (Lipinski definition) is 2. The first-order chi connectivity index (χ1) is 8.01. The van der Waals surface area contributed by atoms with Crippen LogP contribution < -0.4 is 0 Å². The lowest BCUT2D eigenvalue weighted by molar-refractivity contribution is 0.0689. The molecule has 1 aromatic heterocycles. The number of rotatable bonds is 3. The molecular formula is C13H14N2O2. The Morgan fingerprint density at radius 1 is 1.24 bits per heavy atom. The van der Waals surface area contributed by atoms with Gasteiger partial charge in [0.25, 0.3) is 0 Å². The molecule has 2 rings (SSSR count). The second-order valence-electron chi connectivity index (χ2n) is 4.38. The molecule has 0 radical (unpaired) electrons. The summed E-state index contributed by atoms with van der Waals surface area (Å²) in [5.74, 6) is -1.01. The van der Waals surface area contributed by atoms with Gasteiger partial charge < -0.3 is 5.11 Å². The molecule has 0 saturated carbocycles. The maximum absolute atomic E-state index is 10.8. The molecule has 0 fully saturated rings. The summed E-state index contributed by atoms with van der Waals surface area (Å²) in [4.78, 5) is 10.8. The molecule has 1 N–H and O–H groups in total. The van der Waals surface area contributed by atoms with Crippen LogP contribution in [0.15, 0.2) is 42.6 Å². The van der Waals surface area contributed by atoms with Crippen LogP contribution >= 0.6 is 0 Å². The van der Waals surface area contributed by atoms with E-state index in [2.05, 4.69) is 5.10 Å². The van der Waals surface area contributed by atoms with E-state index in [9.17, 15) is 4.79 Å². The summed E-state index contributed by atoms with van der Waals surface area (Å²) in [7, 11) is 0. The fraction of sp³-hybridized carbons (Fsp3) is 0.231. The van der Waals surface area contributed by atoms with Gasteiger partial charge in [-0.1, -0.05) is 30.3 Å². The Bertz CT molecular complexity index is 529. The average molecular weight is 230 g/mol. The third kappa shape index (κ3) is 2.06. The Hall–Kier alpha value is -2.10. The average Bonchev–Trinajstić information content (AvgIpc) is 2.80. The number of aromatic carboxylic acids is 1. The van der Waals surface area contributed by atoms with E-state index < -0.39 is 5.97 Å². The molecule has 17 heavy (non-hydrogen) atoms. The summed E-state index contributed by atoms with van der Waals surface area (Å²) in [6.07, 6.45) is 1.69. The van der Waals surface area contributed by atoms with E-state index in [-0.39, 0.29) is 11.2 Å². The molecule has 1 aromatic carbocycles. The van der Waals surface area contributed by atoms with Crippen LogP contribution in [0.1, 0.15) is 29.9 Å². The Labute approximate surface area is 99.5 Å². The van der Waals surface area contributed by atoms with Gasteiger partial charge in [0.05, 0.1) is 5.54 Å². The van der Waals surface area contributed by atoms with Crippen LogP contribution in [0, 0.1) is 0 Å². The smallest absolute Gasteiger partial charge is 0.356 e. The fourth-order valence-corrected chi connectivity index (χ4v) is 1.73. The van der Waals surface area contributed by atoms with Crippen LogP contribution in [0.4, 0.5) is 0 Å². The van der Waals surface area contributed by atoms with Crippen molar-refractivity contribution in [2.75, 3.05) is 0 Å². The molecule has 0 amide bonds. The van der Waals surface area contributed by atoms with E-state index in [4.69, 9.17) is 5.11 Å². The maximum atomic E-state index is 10.8. The van der Waals surface area contributed by atoms with E-state index in [1.54, 1.807) is 10.9 Å². The molecule has 4 heteroatoms. The van der Waals surface area contributed by atoms with Crippen LogP contribution in [-0.2, 0) is 5.54 Å². The van der Waals surface area contributed by atoms with Crippen molar-refractivity contribution >= 4 is 5.97 Å². The number of hydrogen-bond donors (Lipinski definition) is 1. The number of carbonyl (C=O) groups is 1. The van der Waals surface area contributed by atoms with Gasteiger partial charge in [0.15, 0.2) is 5.69 Å². The molecule has 0 spiro atoms. The topological polar surface area (TPSA) is 55.1 Å². The molecule has 0 aliphatic carbocycles. The Balaban J connectivity index is 2.41. The minimum Gasteiger partial charge on any atom is -0.476 e. The Kier molecular flexibility index (Phi) is 2.71. The molecule has 88 valence electrons. The summed E-state index contributed by atoms with van der Waals surface area (Å²) < 4.78 is 1.67. The van der Waals surface area contributed by atoms with Gasteiger partial charge in [-0.25, -0.2) is 4.79 Å². The van der Waals surface area contributed by atoms with Crippen molar-refractivity contribution in [3.63, 3.8) is 0 Å². The maximum Gasteiger partial charge on any atom is 0.356 e. The van der Waals surface area contributed by atoms with Crippen molar-refractivity contribution < 1.29 is 9.90 Å². The summed E-state index contributed by atoms with van der Waals surface area (Å²) >= 11 is 0. The van der Waals surface area contributed by atoms with Crippen molar-refractivity contribution in [3.05, 3.63) is 53.9 Å². The summed E-state index contributed by atoms with van der Waals surface area (Å²) in [5, 5.41) is 12.9. The van der Waals surface area contributed by atoms with Crippen LogP contribution in [0.2, 0.25) is 0 Å². The first-order valence-corrected chi connectivity index (χ1v) is 5.37. The van der Waals surface area contributed by atoms with E-state index >= 15 is 0 Å². The first kappa shape index (κ1) is 11.4. The summed E-state index contributed by atoms with van der Waals surface area (Å²) in [6, 6.07) is 11.4. The zero-order valence-electron chi connectivity index (χ0n) is 9.79. The highest BCUT2D eigenvalue weighted by molar-refractivity contribution is 5.85. The van der Waals surface area contributed by atoms with Crippen molar-refractivity contribution in [1.29, 1.82) is 0 Å². The van der Waals surface area contributed by atoms with Crippen LogP contribution in [0.25, 0.3) is 0 Å². The van der Waals surface area contributed by atoms with Crippen LogP contribution in [0.3, 0.4) is 0 Å². The Morgan fingerprint density at radius 2 is 1.88 bits per heavy atom. The van der Waals surface area contributed by atoms with Gasteiger partial charge in [0, 0.05) is 6.20 Å². The molecule has 0 aliphatic heterocycles. The van der Waals surface area contributed by atoms with E-state index in [0.717, 1.165) is 5.56 Å². The van der Waals surface area contributed by atoms with Gasteiger partial charge in [-0.2, -0.15) is 5.10 Å². The van der Waals surface area contributed by atoms with E-state index in [1.807, 2.05) is 44.2 Å². The van der Waals surface area contributed by atoms with Crippen molar-refractivity contribution in [2.45, 2.75) is 19.4 Å². The van der Waals surface area contributed by atoms with Gasteiger partial charge in [-0.15, -0.1) is 0 Å². The predicted molar refractivity (Wildman–Crippen MR) is 64.1 cm³/mol. The van der Waals surface area contributed by atoms with Crippen LogP contribution in [0.5, 0.6) is 0 Å². The largest absolute Gasteiger partial charge is 0.476 e. The number of carboxylic acids is 1. The second kappa shape index (κ2) is 4.05. The zero-order chi connectivity index (χ0) is 12.5. The Morgan fingerprint density at radius 3 is 2.41 bits per heavy atom. The molecule has 0 atom stereocenters. The van der Waals surface area contributed by atoms with Crippen LogP contribution in [-0.4, -0.2) is 20.9 Å². The van der Waals surface area contributed by atoms with Crippen molar-refractivity contribution in [3.8, 4) is 0 Å². The number of benzene rings is 1. The van der Waals surface area contributed by atoms with Gasteiger partial charge in [-0.05, 0) is 25.5 Å². The molecule has 0 bridgehead atoms. The molecular weight excluding hydrogens is 216 g/mol. The normalized spacial score (nSPS) is 11.4. The molecule has 1 heterocycles. The zero-order valence-corrected chi connectivity index (χ0v) is 9.79. The summed E-state index contributed by atoms with van der Waals surface area (Å²) in [6.45, 7) is 4.00. The number of carboxylic acid groups (broad SMARTS) is 1. The number of aromatic nitrogens is 2. The standard InChI is InChI=1S/C13H14N2O2/c1-13(2,10-6-4-3-5-7-10)15-9-8-11(14-15)12(16)17/h3-9H,1-2H3,(H,16,17). The minimum absolute atomic E-state index is 0.0639. The van der Waals surface area contributed by atoms with Gasteiger partial charge in [-0.3, -0.25) is 4.68 Å². The van der Waals surface area contributed by atoms with E-state index in [1.165, 1.54) is 6.07 Å². The monoisotopic (exact) mass is 230 g/mol. The second-order valence-corrected chi connectivity index (χ2v) is 4.38. The fourth-order valence-electron chi connectivity index (χ4n) is 1.73. The molecule has 4 nitrogen and oxygen atoms in total. The number of nitrogens with zero attached hydrogens (tertiary/aromatic N) is 2. The van der Waals surface area contributed by atoms with E-state index in [0.29, 0.717) is 0 Å². The molecule has 2 aromatic rings. The highest BCUT2D eigenvalue weighted by Gasteiger charge is 2.24. The first-order valence-electron chi connectivity index (χ1n) is 5.37. The van der Waals surface area contributed by atoms with Gasteiger partial charge in [0.1, 0.15) is 0 Å². The van der Waals surface area contributed by atoms with Crippen molar-refractivity contribution in [1.82, 2.24) is 9.78 Å². The third-order valence-corrected chi connectivity index (χ3v) is 2.86. The van der Waals surface area contributed by atoms with Crippen molar-refractivity contribution in [2.24, 2.45) is 0 Å². The lowest BCUT2D eigenvalue weighted by Gasteiger charge is -2.25. The highest BCUT2D eigenvalue weighted by atomic mass is 16.4. The third-order valence-electron chi connectivity index (χ3n) is 2.86. The van der Waals surface area contributed by atoms with Gasteiger partial charge >= 0.3 is 5.97 Å². The molecule has 0 saturated heterocycles. The molecule has 0 aliphatic rings. The quantitative estimate of drug-likeness (QED) is 0.880. The van der Waals surface area contributed by atoms with Gasteiger partial charge in [0.2, 0.25) is 0 Å². The SMILES string of the molecule is CC(C)(c1ccccc1)n1ccc(C(=O)O)n1. The predicted octanol–water partition coefficient (Wildman–Crippen LogP) is 2.36. The molecule has 0 unspecified atom stereocenters. The lowest BCUT2D eigenvalue weighted by Crippen LogP contribution is -2.28. The lowest BCUT2D eigenvalue weighted by atomic mass is 9.95. The minimum atomic E-state index is -1.01. The summed E-state index contributed by atoms with van der Waals surface area (Å²) in [5.41, 5.74) is 0.781. The highest BCUT2D eigenvalue weighted by Crippen LogP contribution is 2.24.